The molecule has 0 aromatic carbocycles. The number of carbonyl (C=O) groups excluding carboxylic acids is 1. The molecule has 0 aliphatic heterocycles. The van der Waals surface area contributed by atoms with Crippen molar-refractivity contribution in [1.82, 2.24) is 15.1 Å². The van der Waals surface area contributed by atoms with Gasteiger partial charge in [0.25, 0.3) is 0 Å². The Bertz CT molecular complexity index is 296. The Morgan fingerprint density at radius 1 is 1.71 bits per heavy atom. The van der Waals surface area contributed by atoms with Crippen molar-refractivity contribution in [3.8, 4) is 0 Å². The van der Waals surface area contributed by atoms with E-state index in [-0.39, 0.29) is 12.5 Å². The summed E-state index contributed by atoms with van der Waals surface area (Å²) >= 11 is 0. The average Bonchev–Trinajstić information content (AvgIpc) is 2.52. The number of methoxy groups -OCH3 is 1. The molecule has 78 valence electrons. The molecule has 5 nitrogen and oxygen atoms in total. The molecule has 0 radical (unpaired) electrons. The third kappa shape index (κ3) is 3.18. The molecule has 0 aliphatic carbocycles. The third-order valence-corrected chi connectivity index (χ3v) is 1.90. The molecule has 1 amide bonds. The first kappa shape index (κ1) is 10.7. The highest BCUT2D eigenvalue weighted by molar-refractivity contribution is 5.77. The normalized spacial score (nSPS) is 10.1. The SMILES string of the molecule is COCC(=O)NCCc1ccnn1C. The van der Waals surface area contributed by atoms with Crippen LogP contribution in [0.4, 0.5) is 0 Å². The fraction of sp³-hybridized carbons (Fsp3) is 0.556. The van der Waals surface area contributed by atoms with Gasteiger partial charge in [-0.3, -0.25) is 9.48 Å². The Balaban J connectivity index is 2.22. The first-order chi connectivity index (χ1) is 6.74. The van der Waals surface area contributed by atoms with Gasteiger partial charge in [0.1, 0.15) is 6.61 Å². The number of nitrogens with zero attached hydrogens (tertiary/aromatic N) is 2. The van der Waals surface area contributed by atoms with Crippen LogP contribution in [0, 0.1) is 0 Å². The molecular weight excluding hydrogens is 182 g/mol. The van der Waals surface area contributed by atoms with Gasteiger partial charge in [-0.15, -0.1) is 0 Å². The number of hydrogen-bond acceptors (Lipinski definition) is 3. The zero-order valence-corrected chi connectivity index (χ0v) is 8.49. The largest absolute Gasteiger partial charge is 0.375 e. The van der Waals surface area contributed by atoms with Crippen LogP contribution < -0.4 is 5.32 Å². The van der Waals surface area contributed by atoms with Gasteiger partial charge in [0.05, 0.1) is 0 Å². The molecule has 14 heavy (non-hydrogen) atoms. The van der Waals surface area contributed by atoms with Crippen LogP contribution in [0.15, 0.2) is 12.3 Å². The van der Waals surface area contributed by atoms with Crippen molar-refractivity contribution >= 4 is 5.91 Å². The molecule has 0 fully saturated rings. The van der Waals surface area contributed by atoms with E-state index in [1.165, 1.54) is 7.11 Å². The summed E-state index contributed by atoms with van der Waals surface area (Å²) in [4.78, 5) is 11.0. The molecule has 0 unspecified atom stereocenters. The average molecular weight is 197 g/mol. The van der Waals surface area contributed by atoms with Crippen molar-refractivity contribution < 1.29 is 9.53 Å². The van der Waals surface area contributed by atoms with E-state index in [4.69, 9.17) is 0 Å². The van der Waals surface area contributed by atoms with Gasteiger partial charge in [0, 0.05) is 39.0 Å². The number of amides is 1. The first-order valence-electron chi connectivity index (χ1n) is 4.46. The quantitative estimate of drug-likeness (QED) is 0.706. The van der Waals surface area contributed by atoms with Crippen LogP contribution in [0.3, 0.4) is 0 Å². The van der Waals surface area contributed by atoms with Crippen molar-refractivity contribution in [3.63, 3.8) is 0 Å². The van der Waals surface area contributed by atoms with E-state index in [0.29, 0.717) is 6.54 Å². The van der Waals surface area contributed by atoms with Gasteiger partial charge in [-0.1, -0.05) is 0 Å². The molecule has 0 spiro atoms. The second kappa shape index (κ2) is 5.39. The summed E-state index contributed by atoms with van der Waals surface area (Å²) in [7, 11) is 3.38. The fourth-order valence-electron chi connectivity index (χ4n) is 1.16. The smallest absolute Gasteiger partial charge is 0.245 e. The highest BCUT2D eigenvalue weighted by Crippen LogP contribution is 1.95. The van der Waals surface area contributed by atoms with E-state index < -0.39 is 0 Å². The monoisotopic (exact) mass is 197 g/mol. The van der Waals surface area contributed by atoms with Crippen molar-refractivity contribution in [2.75, 3.05) is 20.3 Å². The Labute approximate surface area is 83.1 Å². The van der Waals surface area contributed by atoms with Gasteiger partial charge in [0.2, 0.25) is 5.91 Å². The molecule has 0 bridgehead atoms. The molecule has 0 atom stereocenters. The fourth-order valence-corrected chi connectivity index (χ4v) is 1.16. The van der Waals surface area contributed by atoms with Crippen LogP contribution in [0.1, 0.15) is 5.69 Å². The lowest BCUT2D eigenvalue weighted by molar-refractivity contribution is -0.124. The Hall–Kier alpha value is -1.36. The van der Waals surface area contributed by atoms with Gasteiger partial charge >= 0.3 is 0 Å². The van der Waals surface area contributed by atoms with Crippen LogP contribution in [0.25, 0.3) is 0 Å². The van der Waals surface area contributed by atoms with Gasteiger partial charge in [-0.25, -0.2) is 0 Å². The molecule has 1 aromatic rings. The number of ether oxygens (including phenoxy) is 1. The van der Waals surface area contributed by atoms with Gasteiger partial charge in [0.15, 0.2) is 0 Å². The maximum Gasteiger partial charge on any atom is 0.245 e. The Morgan fingerprint density at radius 3 is 3.07 bits per heavy atom. The third-order valence-electron chi connectivity index (χ3n) is 1.90. The van der Waals surface area contributed by atoms with Crippen LogP contribution >= 0.6 is 0 Å². The molecule has 1 heterocycles. The lowest BCUT2D eigenvalue weighted by Crippen LogP contribution is -2.29. The van der Waals surface area contributed by atoms with Crippen molar-refractivity contribution in [1.29, 1.82) is 0 Å². The molecule has 1 rings (SSSR count). The topological polar surface area (TPSA) is 56.1 Å². The van der Waals surface area contributed by atoms with Gasteiger partial charge in [-0.2, -0.15) is 5.10 Å². The number of aromatic nitrogens is 2. The van der Waals surface area contributed by atoms with Crippen LogP contribution in [-0.2, 0) is 23.0 Å². The van der Waals surface area contributed by atoms with Gasteiger partial charge < -0.3 is 10.1 Å². The predicted molar refractivity (Wildman–Crippen MR) is 51.8 cm³/mol. The summed E-state index contributed by atoms with van der Waals surface area (Å²) in [5.74, 6) is -0.0883. The number of hydrogen-bond donors (Lipinski definition) is 1. The summed E-state index contributed by atoms with van der Waals surface area (Å²) in [6, 6.07) is 1.93. The second-order valence-corrected chi connectivity index (χ2v) is 2.98. The van der Waals surface area contributed by atoms with Gasteiger partial charge in [-0.05, 0) is 6.07 Å². The van der Waals surface area contributed by atoms with Crippen LogP contribution in [0.5, 0.6) is 0 Å². The molecule has 0 saturated heterocycles. The van der Waals surface area contributed by atoms with Crippen LogP contribution in [-0.4, -0.2) is 35.9 Å². The number of aryl methyl sites for hydroxylation is 1. The van der Waals surface area contributed by atoms with E-state index in [0.717, 1.165) is 12.1 Å². The number of carbonyl (C=O) groups is 1. The maximum absolute atomic E-state index is 11.0. The lowest BCUT2D eigenvalue weighted by atomic mass is 10.3. The molecular formula is C9H15N3O2. The second-order valence-electron chi connectivity index (χ2n) is 2.98. The minimum Gasteiger partial charge on any atom is -0.375 e. The highest BCUT2D eigenvalue weighted by atomic mass is 16.5. The minimum atomic E-state index is -0.0883. The van der Waals surface area contributed by atoms with Crippen molar-refractivity contribution in [2.24, 2.45) is 7.05 Å². The Kier molecular flexibility index (Phi) is 4.12. The van der Waals surface area contributed by atoms with E-state index in [2.05, 4.69) is 15.2 Å². The zero-order valence-electron chi connectivity index (χ0n) is 8.49. The first-order valence-corrected chi connectivity index (χ1v) is 4.46. The van der Waals surface area contributed by atoms with E-state index in [9.17, 15) is 4.79 Å². The summed E-state index contributed by atoms with van der Waals surface area (Å²) < 4.78 is 6.48. The standard InChI is InChI=1S/C9H15N3O2/c1-12-8(4-6-11-12)3-5-10-9(13)7-14-2/h4,6H,3,5,7H2,1-2H3,(H,10,13). The highest BCUT2D eigenvalue weighted by Gasteiger charge is 2.01. The summed E-state index contributed by atoms with van der Waals surface area (Å²) in [6.07, 6.45) is 2.53. The molecule has 0 saturated carbocycles. The Morgan fingerprint density at radius 2 is 2.50 bits per heavy atom. The molecule has 0 aliphatic rings. The molecule has 1 N–H and O–H groups in total. The number of nitrogens with one attached hydrogen (secondary N) is 1. The predicted octanol–water partition coefficient (Wildman–Crippen LogP) is -0.275. The lowest BCUT2D eigenvalue weighted by Gasteiger charge is -2.04. The number of rotatable bonds is 5. The molecule has 1 aromatic heterocycles. The van der Waals surface area contributed by atoms with E-state index in [1.807, 2.05) is 13.1 Å². The van der Waals surface area contributed by atoms with Crippen LogP contribution in [0.2, 0.25) is 0 Å². The summed E-state index contributed by atoms with van der Waals surface area (Å²) in [5.41, 5.74) is 1.10. The maximum atomic E-state index is 11.0. The minimum absolute atomic E-state index is 0.0883. The van der Waals surface area contributed by atoms with Crippen molar-refractivity contribution in [3.05, 3.63) is 18.0 Å². The van der Waals surface area contributed by atoms with E-state index >= 15 is 0 Å². The van der Waals surface area contributed by atoms with Crippen molar-refractivity contribution in [2.45, 2.75) is 6.42 Å². The van der Waals surface area contributed by atoms with E-state index in [1.54, 1.807) is 10.9 Å². The molecule has 5 heteroatoms. The summed E-state index contributed by atoms with van der Waals surface area (Å²) in [6.45, 7) is 0.729. The zero-order chi connectivity index (χ0) is 10.4. The summed E-state index contributed by atoms with van der Waals surface area (Å²) in [5, 5.41) is 6.77.